The summed E-state index contributed by atoms with van der Waals surface area (Å²) in [5, 5.41) is 3.31. The van der Waals surface area contributed by atoms with Crippen LogP contribution in [0.25, 0.3) is 0 Å². The van der Waals surface area contributed by atoms with Gasteiger partial charge in [-0.2, -0.15) is 0 Å². The van der Waals surface area contributed by atoms with Crippen molar-refractivity contribution in [1.29, 1.82) is 0 Å². The number of benzene rings is 1. The monoisotopic (exact) mass is 261 g/mol. The van der Waals surface area contributed by atoms with Gasteiger partial charge in [0.2, 0.25) is 0 Å². The number of fused-ring (bicyclic) bond motifs is 1. The summed E-state index contributed by atoms with van der Waals surface area (Å²) in [6, 6.07) is 7.45. The SMILES string of the molecule is COc1ccc(NC2C(=O)OC3CCCCC32)cc1. The molecule has 1 N–H and O–H groups in total. The van der Waals surface area contributed by atoms with Crippen molar-refractivity contribution in [3.05, 3.63) is 24.3 Å². The predicted molar refractivity (Wildman–Crippen MR) is 72.2 cm³/mol. The van der Waals surface area contributed by atoms with E-state index in [1.54, 1.807) is 7.11 Å². The Balaban J connectivity index is 1.72. The highest BCUT2D eigenvalue weighted by atomic mass is 16.6. The van der Waals surface area contributed by atoms with E-state index < -0.39 is 0 Å². The summed E-state index contributed by atoms with van der Waals surface area (Å²) in [6.45, 7) is 0. The Bertz CT molecular complexity index is 457. The summed E-state index contributed by atoms with van der Waals surface area (Å²) in [5.41, 5.74) is 0.939. The normalized spacial score (nSPS) is 29.5. The number of methoxy groups -OCH3 is 1. The molecule has 19 heavy (non-hydrogen) atoms. The van der Waals surface area contributed by atoms with E-state index >= 15 is 0 Å². The van der Waals surface area contributed by atoms with Gasteiger partial charge in [-0.1, -0.05) is 6.42 Å². The van der Waals surface area contributed by atoms with Crippen LogP contribution in [0.3, 0.4) is 0 Å². The molecule has 0 radical (unpaired) electrons. The minimum atomic E-state index is -0.196. The molecule has 0 bridgehead atoms. The Morgan fingerprint density at radius 1 is 1.21 bits per heavy atom. The maximum atomic E-state index is 12.0. The Morgan fingerprint density at radius 2 is 1.95 bits per heavy atom. The van der Waals surface area contributed by atoms with Crippen LogP contribution < -0.4 is 10.1 Å². The van der Waals surface area contributed by atoms with Gasteiger partial charge in [0.05, 0.1) is 7.11 Å². The molecule has 3 atom stereocenters. The molecule has 1 aliphatic heterocycles. The summed E-state index contributed by atoms with van der Waals surface area (Å²) >= 11 is 0. The van der Waals surface area contributed by atoms with Gasteiger partial charge in [-0.15, -0.1) is 0 Å². The highest BCUT2D eigenvalue weighted by Gasteiger charge is 2.45. The third kappa shape index (κ3) is 2.39. The highest BCUT2D eigenvalue weighted by molar-refractivity contribution is 5.82. The maximum absolute atomic E-state index is 12.0. The van der Waals surface area contributed by atoms with Crippen LogP contribution in [0.15, 0.2) is 24.3 Å². The van der Waals surface area contributed by atoms with E-state index in [0.717, 1.165) is 24.3 Å². The molecule has 2 fully saturated rings. The zero-order valence-corrected chi connectivity index (χ0v) is 11.1. The first-order chi connectivity index (χ1) is 9.28. The van der Waals surface area contributed by atoms with Crippen molar-refractivity contribution in [2.24, 2.45) is 5.92 Å². The summed E-state index contributed by atoms with van der Waals surface area (Å²) in [6.07, 6.45) is 4.57. The zero-order valence-electron chi connectivity index (χ0n) is 11.1. The average Bonchev–Trinajstić information content (AvgIpc) is 2.76. The van der Waals surface area contributed by atoms with Crippen molar-refractivity contribution in [2.75, 3.05) is 12.4 Å². The Hall–Kier alpha value is -1.71. The first-order valence-corrected chi connectivity index (χ1v) is 6.89. The first kappa shape index (κ1) is 12.3. The van der Waals surface area contributed by atoms with E-state index in [9.17, 15) is 4.79 Å². The maximum Gasteiger partial charge on any atom is 0.329 e. The van der Waals surface area contributed by atoms with Crippen LogP contribution in [0.2, 0.25) is 0 Å². The van der Waals surface area contributed by atoms with Crippen molar-refractivity contribution in [1.82, 2.24) is 0 Å². The molecule has 1 saturated heterocycles. The van der Waals surface area contributed by atoms with Gasteiger partial charge in [-0.05, 0) is 43.5 Å². The number of anilines is 1. The molecule has 4 nitrogen and oxygen atoms in total. The van der Waals surface area contributed by atoms with Crippen LogP contribution in [0.5, 0.6) is 5.75 Å². The van der Waals surface area contributed by atoms with E-state index in [0.29, 0.717) is 5.92 Å². The first-order valence-electron chi connectivity index (χ1n) is 6.89. The second kappa shape index (κ2) is 5.11. The Labute approximate surface area is 113 Å². The van der Waals surface area contributed by atoms with Gasteiger partial charge in [-0.25, -0.2) is 4.79 Å². The average molecular weight is 261 g/mol. The number of hydrogen-bond donors (Lipinski definition) is 1. The van der Waals surface area contributed by atoms with Gasteiger partial charge in [0.1, 0.15) is 17.9 Å². The summed E-state index contributed by atoms with van der Waals surface area (Å²) in [7, 11) is 1.64. The second-order valence-electron chi connectivity index (χ2n) is 5.27. The molecule has 1 aromatic carbocycles. The molecule has 1 aromatic rings. The molecule has 0 spiro atoms. The Morgan fingerprint density at radius 3 is 2.68 bits per heavy atom. The highest BCUT2D eigenvalue weighted by Crippen LogP contribution is 2.36. The fraction of sp³-hybridized carbons (Fsp3) is 0.533. The quantitative estimate of drug-likeness (QED) is 0.850. The lowest BCUT2D eigenvalue weighted by Crippen LogP contribution is -2.34. The molecule has 0 amide bonds. The summed E-state index contributed by atoms with van der Waals surface area (Å²) < 4.78 is 10.6. The van der Waals surface area contributed by atoms with E-state index in [1.165, 1.54) is 12.8 Å². The molecule has 102 valence electrons. The number of carbonyl (C=O) groups is 1. The lowest BCUT2D eigenvalue weighted by atomic mass is 9.83. The molecule has 3 rings (SSSR count). The van der Waals surface area contributed by atoms with Crippen LogP contribution in [0.4, 0.5) is 5.69 Å². The third-order valence-electron chi connectivity index (χ3n) is 4.12. The number of hydrogen-bond acceptors (Lipinski definition) is 4. The zero-order chi connectivity index (χ0) is 13.2. The molecule has 1 saturated carbocycles. The summed E-state index contributed by atoms with van der Waals surface area (Å²) in [5.74, 6) is 1.03. The van der Waals surface area contributed by atoms with Crippen LogP contribution in [0, 0.1) is 5.92 Å². The smallest absolute Gasteiger partial charge is 0.329 e. The number of carbonyl (C=O) groups excluding carboxylic acids is 1. The van der Waals surface area contributed by atoms with E-state index in [4.69, 9.17) is 9.47 Å². The standard InChI is InChI=1S/C15H19NO3/c1-18-11-8-6-10(7-9-11)16-14-12-4-2-3-5-13(12)19-15(14)17/h6-9,12-14,16H,2-5H2,1H3. The van der Waals surface area contributed by atoms with Gasteiger partial charge in [0, 0.05) is 11.6 Å². The minimum absolute atomic E-state index is 0.104. The van der Waals surface area contributed by atoms with E-state index in [2.05, 4.69) is 5.32 Å². The molecule has 2 aliphatic rings. The lowest BCUT2D eigenvalue weighted by Gasteiger charge is -2.26. The largest absolute Gasteiger partial charge is 0.497 e. The number of rotatable bonds is 3. The Kier molecular flexibility index (Phi) is 3.32. The molecule has 1 heterocycles. The van der Waals surface area contributed by atoms with Gasteiger partial charge in [0.15, 0.2) is 0 Å². The molecular formula is C15H19NO3. The van der Waals surface area contributed by atoms with E-state index in [1.807, 2.05) is 24.3 Å². The molecule has 0 aromatic heterocycles. The fourth-order valence-corrected chi connectivity index (χ4v) is 3.08. The van der Waals surface area contributed by atoms with E-state index in [-0.39, 0.29) is 18.1 Å². The van der Waals surface area contributed by atoms with Crippen molar-refractivity contribution in [3.63, 3.8) is 0 Å². The molecule has 3 unspecified atom stereocenters. The number of nitrogens with one attached hydrogen (secondary N) is 1. The number of ether oxygens (including phenoxy) is 2. The molecule has 1 aliphatic carbocycles. The fourth-order valence-electron chi connectivity index (χ4n) is 3.08. The van der Waals surface area contributed by atoms with Gasteiger partial charge in [-0.3, -0.25) is 0 Å². The topological polar surface area (TPSA) is 47.6 Å². The molecular weight excluding hydrogens is 242 g/mol. The van der Waals surface area contributed by atoms with Crippen LogP contribution in [-0.4, -0.2) is 25.2 Å². The van der Waals surface area contributed by atoms with Gasteiger partial charge in [0.25, 0.3) is 0 Å². The third-order valence-corrected chi connectivity index (χ3v) is 4.12. The van der Waals surface area contributed by atoms with Crippen LogP contribution >= 0.6 is 0 Å². The van der Waals surface area contributed by atoms with Crippen LogP contribution in [-0.2, 0) is 9.53 Å². The van der Waals surface area contributed by atoms with Crippen molar-refractivity contribution in [3.8, 4) is 5.75 Å². The molecule has 4 heteroatoms. The van der Waals surface area contributed by atoms with Gasteiger partial charge < -0.3 is 14.8 Å². The van der Waals surface area contributed by atoms with Crippen LogP contribution in [0.1, 0.15) is 25.7 Å². The van der Waals surface area contributed by atoms with Crippen molar-refractivity contribution < 1.29 is 14.3 Å². The minimum Gasteiger partial charge on any atom is -0.497 e. The van der Waals surface area contributed by atoms with Gasteiger partial charge >= 0.3 is 5.97 Å². The van der Waals surface area contributed by atoms with Crippen molar-refractivity contribution in [2.45, 2.75) is 37.8 Å². The number of esters is 1. The summed E-state index contributed by atoms with van der Waals surface area (Å²) in [4.78, 5) is 12.0. The predicted octanol–water partition coefficient (Wildman–Crippen LogP) is 2.59. The van der Waals surface area contributed by atoms with Crippen molar-refractivity contribution >= 4 is 11.7 Å². The second-order valence-corrected chi connectivity index (χ2v) is 5.27. The lowest BCUT2D eigenvalue weighted by molar-refractivity contribution is -0.142.